The largest absolute Gasteiger partial charge is 0.490 e. The number of carbonyl (C=O) groups is 1. The predicted octanol–water partition coefficient (Wildman–Crippen LogP) is 5.77. The zero-order valence-corrected chi connectivity index (χ0v) is 20.9. The van der Waals surface area contributed by atoms with Crippen LogP contribution in [0.3, 0.4) is 0 Å². The van der Waals surface area contributed by atoms with Gasteiger partial charge in [0.25, 0.3) is 0 Å². The fourth-order valence-electron chi connectivity index (χ4n) is 4.58. The third-order valence-electron chi connectivity index (χ3n) is 6.82. The first kappa shape index (κ1) is 26.1. The lowest BCUT2D eigenvalue weighted by Crippen LogP contribution is -2.38. The van der Waals surface area contributed by atoms with Crippen molar-refractivity contribution in [2.75, 3.05) is 24.6 Å². The molecule has 2 heterocycles. The Morgan fingerprint density at radius 2 is 1.86 bits per heavy atom. The summed E-state index contributed by atoms with van der Waals surface area (Å²) >= 11 is 0. The highest BCUT2D eigenvalue weighted by atomic mass is 19.1. The maximum atomic E-state index is 15.1. The summed E-state index contributed by atoms with van der Waals surface area (Å²) in [6.45, 7) is 5.99. The molecule has 1 aliphatic rings. The number of piperidine rings is 1. The van der Waals surface area contributed by atoms with Crippen molar-refractivity contribution in [2.45, 2.75) is 39.5 Å². The van der Waals surface area contributed by atoms with Crippen molar-refractivity contribution in [3.05, 3.63) is 77.1 Å². The maximum Gasteiger partial charge on any atom is 0.308 e. The molecule has 3 aromatic rings. The van der Waals surface area contributed by atoms with Gasteiger partial charge >= 0.3 is 5.97 Å². The molecule has 192 valence electrons. The first-order valence-electron chi connectivity index (χ1n) is 12.2. The van der Waals surface area contributed by atoms with Crippen molar-refractivity contribution in [2.24, 2.45) is 5.41 Å². The van der Waals surface area contributed by atoms with Crippen molar-refractivity contribution in [1.29, 1.82) is 5.26 Å². The van der Waals surface area contributed by atoms with Crippen LogP contribution >= 0.6 is 0 Å². The van der Waals surface area contributed by atoms with Gasteiger partial charge in [-0.1, -0.05) is 32.0 Å². The van der Waals surface area contributed by atoms with Crippen molar-refractivity contribution in [3.8, 4) is 22.9 Å². The molecule has 1 N–H and O–H groups in total. The number of ether oxygens (including phenoxy) is 1. The highest BCUT2D eigenvalue weighted by Gasteiger charge is 2.30. The van der Waals surface area contributed by atoms with Gasteiger partial charge in [-0.3, -0.25) is 4.79 Å². The summed E-state index contributed by atoms with van der Waals surface area (Å²) in [7, 11) is 0. The Morgan fingerprint density at radius 1 is 1.16 bits per heavy atom. The van der Waals surface area contributed by atoms with E-state index in [1.54, 1.807) is 18.2 Å². The van der Waals surface area contributed by atoms with E-state index in [2.05, 4.69) is 23.7 Å². The molecule has 1 aromatic heterocycles. The molecule has 1 aliphatic heterocycles. The standard InChI is InChI=1S/C29H29F2N3O3/c1-29(2)10-12-34(13-11-29)28-22(16-27(35)36)25(17-32)33-18-23(28)20-5-8-26(24(31)15-20)37-14-9-19-3-6-21(30)7-4-19/h3-8,15,18H,9-14,16H2,1-2H3,(H,35,36). The molecule has 0 spiro atoms. The lowest BCUT2D eigenvalue weighted by Gasteiger charge is -2.40. The van der Waals surface area contributed by atoms with Gasteiger partial charge in [0.05, 0.1) is 18.7 Å². The molecule has 0 saturated carbocycles. The van der Waals surface area contributed by atoms with Crippen LogP contribution in [0, 0.1) is 28.4 Å². The number of hydrogen-bond donors (Lipinski definition) is 1. The fraction of sp³-hybridized carbons (Fsp3) is 0.345. The minimum Gasteiger partial charge on any atom is -0.490 e. The molecular weight excluding hydrogens is 476 g/mol. The van der Waals surface area contributed by atoms with Crippen LogP contribution in [0.1, 0.15) is 43.5 Å². The van der Waals surface area contributed by atoms with Gasteiger partial charge in [0.1, 0.15) is 17.6 Å². The van der Waals surface area contributed by atoms with Crippen LogP contribution in [0.4, 0.5) is 14.5 Å². The van der Waals surface area contributed by atoms with Gasteiger partial charge in [-0.05, 0) is 53.6 Å². The number of aliphatic carboxylic acids is 1. The molecule has 2 aromatic carbocycles. The van der Waals surface area contributed by atoms with Crippen molar-refractivity contribution >= 4 is 11.7 Å². The SMILES string of the molecule is CC1(C)CCN(c2c(-c3ccc(OCCc4ccc(F)cc4)c(F)c3)cnc(C#N)c2CC(=O)O)CC1. The van der Waals surface area contributed by atoms with Gasteiger partial charge in [0.2, 0.25) is 0 Å². The number of rotatable bonds is 8. The molecule has 0 aliphatic carbocycles. The zero-order valence-electron chi connectivity index (χ0n) is 20.9. The molecule has 8 heteroatoms. The van der Waals surface area contributed by atoms with Crippen LogP contribution in [-0.4, -0.2) is 35.8 Å². The van der Waals surface area contributed by atoms with Gasteiger partial charge in [-0.25, -0.2) is 13.8 Å². The number of nitriles is 1. The van der Waals surface area contributed by atoms with Crippen molar-refractivity contribution < 1.29 is 23.4 Å². The van der Waals surface area contributed by atoms with E-state index >= 15 is 4.39 Å². The summed E-state index contributed by atoms with van der Waals surface area (Å²) < 4.78 is 33.8. The van der Waals surface area contributed by atoms with Crippen molar-refractivity contribution in [3.63, 3.8) is 0 Å². The molecular formula is C29H29F2N3O3. The van der Waals surface area contributed by atoms with Gasteiger partial charge in [0.15, 0.2) is 11.6 Å². The van der Waals surface area contributed by atoms with E-state index in [1.807, 2.05) is 6.07 Å². The quantitative estimate of drug-likeness (QED) is 0.418. The van der Waals surface area contributed by atoms with Gasteiger partial charge < -0.3 is 14.7 Å². The lowest BCUT2D eigenvalue weighted by molar-refractivity contribution is -0.136. The number of halogens is 2. The molecule has 1 saturated heterocycles. The highest BCUT2D eigenvalue weighted by molar-refractivity contribution is 5.85. The molecule has 1 fully saturated rings. The van der Waals surface area contributed by atoms with Crippen LogP contribution in [0.25, 0.3) is 11.1 Å². The molecule has 0 amide bonds. The van der Waals surface area contributed by atoms with E-state index in [1.165, 1.54) is 30.5 Å². The summed E-state index contributed by atoms with van der Waals surface area (Å²) in [6, 6.07) is 12.7. The van der Waals surface area contributed by atoms with E-state index in [-0.39, 0.29) is 35.7 Å². The lowest BCUT2D eigenvalue weighted by atomic mass is 9.82. The average Bonchev–Trinajstić information content (AvgIpc) is 2.86. The Kier molecular flexibility index (Phi) is 7.72. The number of benzene rings is 2. The number of nitrogens with zero attached hydrogens (tertiary/aromatic N) is 3. The summed E-state index contributed by atoms with van der Waals surface area (Å²) in [5.74, 6) is -1.86. The Hall–Kier alpha value is -3.99. The Balaban J connectivity index is 1.64. The molecule has 6 nitrogen and oxygen atoms in total. The number of carboxylic acids is 1. The molecule has 0 atom stereocenters. The Morgan fingerprint density at radius 3 is 2.49 bits per heavy atom. The van der Waals surface area contributed by atoms with E-state index in [0.29, 0.717) is 41.9 Å². The minimum atomic E-state index is -1.06. The van der Waals surface area contributed by atoms with E-state index < -0.39 is 11.8 Å². The Bertz CT molecular complexity index is 1320. The molecule has 37 heavy (non-hydrogen) atoms. The number of carboxylic acid groups (broad SMARTS) is 1. The average molecular weight is 506 g/mol. The van der Waals surface area contributed by atoms with Crippen LogP contribution in [0.15, 0.2) is 48.7 Å². The van der Waals surface area contributed by atoms with Crippen LogP contribution in [-0.2, 0) is 17.6 Å². The summed E-state index contributed by atoms with van der Waals surface area (Å²) in [4.78, 5) is 18.0. The first-order chi connectivity index (χ1) is 17.7. The zero-order chi connectivity index (χ0) is 26.6. The van der Waals surface area contributed by atoms with Crippen LogP contribution in [0.2, 0.25) is 0 Å². The summed E-state index contributed by atoms with van der Waals surface area (Å²) in [5, 5.41) is 19.2. The smallest absolute Gasteiger partial charge is 0.308 e. The predicted molar refractivity (Wildman–Crippen MR) is 137 cm³/mol. The van der Waals surface area contributed by atoms with Gasteiger partial charge in [0, 0.05) is 36.8 Å². The van der Waals surface area contributed by atoms with Crippen LogP contribution < -0.4 is 9.64 Å². The number of pyridine rings is 1. The van der Waals surface area contributed by atoms with E-state index in [4.69, 9.17) is 4.74 Å². The van der Waals surface area contributed by atoms with Crippen molar-refractivity contribution in [1.82, 2.24) is 4.98 Å². The highest BCUT2D eigenvalue weighted by Crippen LogP contribution is 2.40. The molecule has 4 rings (SSSR count). The van der Waals surface area contributed by atoms with Gasteiger partial charge in [-0.2, -0.15) is 5.26 Å². The monoisotopic (exact) mass is 505 g/mol. The first-order valence-corrected chi connectivity index (χ1v) is 12.2. The fourth-order valence-corrected chi connectivity index (χ4v) is 4.58. The second kappa shape index (κ2) is 11.0. The second-order valence-corrected chi connectivity index (χ2v) is 10.1. The van der Waals surface area contributed by atoms with E-state index in [9.17, 15) is 19.6 Å². The topological polar surface area (TPSA) is 86.5 Å². The normalized spacial score (nSPS) is 14.7. The number of aromatic nitrogens is 1. The van der Waals surface area contributed by atoms with Gasteiger partial charge in [-0.15, -0.1) is 0 Å². The molecule has 0 bridgehead atoms. The number of anilines is 1. The maximum absolute atomic E-state index is 15.1. The third kappa shape index (κ3) is 6.23. The summed E-state index contributed by atoms with van der Waals surface area (Å²) in [5.41, 5.74) is 3.16. The Labute approximate surface area is 215 Å². The molecule has 0 unspecified atom stereocenters. The molecule has 0 radical (unpaired) electrons. The second-order valence-electron chi connectivity index (χ2n) is 10.1. The number of hydrogen-bond acceptors (Lipinski definition) is 5. The minimum absolute atomic E-state index is 0.0622. The third-order valence-corrected chi connectivity index (χ3v) is 6.82. The van der Waals surface area contributed by atoms with E-state index in [0.717, 1.165) is 18.4 Å². The summed E-state index contributed by atoms with van der Waals surface area (Å²) in [6.07, 6.45) is 3.46. The van der Waals surface area contributed by atoms with Crippen LogP contribution in [0.5, 0.6) is 5.75 Å².